The van der Waals surface area contributed by atoms with Crippen LogP contribution in [0.15, 0.2) is 0 Å². The Morgan fingerprint density at radius 2 is 1.64 bits per heavy atom. The molecule has 5 saturated carbocycles. The number of fused-ring (bicyclic) bond motifs is 4. The lowest BCUT2D eigenvalue weighted by Gasteiger charge is -2.60. The number of carbonyl (C=O) groups excluding carboxylic acids is 1. The van der Waals surface area contributed by atoms with Gasteiger partial charge in [0, 0.05) is 13.3 Å². The first-order valence-corrected chi connectivity index (χ1v) is 17.9. The fraction of sp³-hybridized carbons (Fsp3) is 0.972. The van der Waals surface area contributed by atoms with E-state index in [0.29, 0.717) is 30.6 Å². The summed E-state index contributed by atoms with van der Waals surface area (Å²) in [5.41, 5.74) is -0.867. The summed E-state index contributed by atoms with van der Waals surface area (Å²) in [5.74, 6) is 1.52. The molecule has 2 heterocycles. The minimum atomic E-state index is -1.25. The molecule has 7 rings (SSSR count). The number of carbonyl (C=O) groups is 1. The first-order valence-electron chi connectivity index (χ1n) is 17.9. The van der Waals surface area contributed by atoms with Crippen LogP contribution < -0.4 is 0 Å². The second kappa shape index (κ2) is 10.6. The van der Waals surface area contributed by atoms with Gasteiger partial charge >= 0.3 is 5.97 Å². The molecule has 2 spiro atoms. The second-order valence-corrected chi connectivity index (χ2v) is 17.7. The van der Waals surface area contributed by atoms with E-state index in [0.717, 1.165) is 38.5 Å². The van der Waals surface area contributed by atoms with Crippen molar-refractivity contribution in [3.63, 3.8) is 0 Å². The molecule has 0 amide bonds. The lowest BCUT2D eigenvalue weighted by Crippen LogP contribution is -2.56. The highest BCUT2D eigenvalue weighted by atomic mass is 16.7. The van der Waals surface area contributed by atoms with Crippen LogP contribution >= 0.6 is 0 Å². The zero-order valence-corrected chi connectivity index (χ0v) is 28.4. The number of hydrogen-bond donors (Lipinski definition) is 4. The summed E-state index contributed by atoms with van der Waals surface area (Å²) in [6.07, 6.45) is 4.21. The number of hydrogen-bond acceptors (Lipinski definition) is 9. The Morgan fingerprint density at radius 1 is 0.933 bits per heavy atom. The summed E-state index contributed by atoms with van der Waals surface area (Å²) >= 11 is 0. The number of aliphatic hydroxyl groups is 4. The van der Waals surface area contributed by atoms with E-state index in [1.54, 1.807) is 13.8 Å². The molecule has 0 aromatic heterocycles. The first-order chi connectivity index (χ1) is 21.0. The summed E-state index contributed by atoms with van der Waals surface area (Å²) in [6.45, 7) is 14.4. The van der Waals surface area contributed by atoms with Crippen LogP contribution in [0.2, 0.25) is 0 Å². The minimum Gasteiger partial charge on any atom is -0.457 e. The third kappa shape index (κ3) is 4.46. The Labute approximate surface area is 268 Å². The molecule has 7 unspecified atom stereocenters. The van der Waals surface area contributed by atoms with Crippen LogP contribution in [0.3, 0.4) is 0 Å². The van der Waals surface area contributed by atoms with Crippen molar-refractivity contribution in [2.75, 3.05) is 6.61 Å². The van der Waals surface area contributed by atoms with E-state index in [9.17, 15) is 25.2 Å². The third-order valence-corrected chi connectivity index (χ3v) is 15.2. The zero-order valence-electron chi connectivity index (χ0n) is 28.4. The highest BCUT2D eigenvalue weighted by Gasteiger charge is 2.85. The van der Waals surface area contributed by atoms with E-state index in [2.05, 4.69) is 27.7 Å². The molecule has 16 atom stereocenters. The molecule has 0 bridgehead atoms. The van der Waals surface area contributed by atoms with Crippen LogP contribution in [0.4, 0.5) is 0 Å². The van der Waals surface area contributed by atoms with Crippen molar-refractivity contribution in [2.24, 2.45) is 51.2 Å². The Balaban J connectivity index is 1.12. The largest absolute Gasteiger partial charge is 0.457 e. The van der Waals surface area contributed by atoms with Crippen LogP contribution in [0, 0.1) is 51.2 Å². The maximum absolute atomic E-state index is 12.2. The fourth-order valence-electron chi connectivity index (χ4n) is 13.4. The molecule has 7 fully saturated rings. The molecule has 0 radical (unpaired) electrons. The Bertz CT molecular complexity index is 1170. The molecule has 7 aliphatic rings. The van der Waals surface area contributed by atoms with Crippen molar-refractivity contribution in [3.05, 3.63) is 0 Å². The van der Waals surface area contributed by atoms with E-state index in [1.165, 1.54) is 13.3 Å². The van der Waals surface area contributed by atoms with E-state index in [4.69, 9.17) is 18.9 Å². The fourth-order valence-corrected chi connectivity index (χ4v) is 13.4. The van der Waals surface area contributed by atoms with Crippen LogP contribution in [0.5, 0.6) is 0 Å². The van der Waals surface area contributed by atoms with Gasteiger partial charge in [-0.1, -0.05) is 27.7 Å². The smallest absolute Gasteiger partial charge is 0.303 e. The van der Waals surface area contributed by atoms with Crippen LogP contribution in [-0.2, 0) is 23.7 Å². The highest BCUT2D eigenvalue weighted by molar-refractivity contribution is 5.66. The monoisotopic (exact) mass is 634 g/mol. The number of rotatable bonds is 5. The molecule has 4 N–H and O–H groups in total. The van der Waals surface area contributed by atoms with Crippen LogP contribution in [0.25, 0.3) is 0 Å². The van der Waals surface area contributed by atoms with E-state index < -0.39 is 48.4 Å². The van der Waals surface area contributed by atoms with Crippen molar-refractivity contribution in [1.29, 1.82) is 0 Å². The molecule has 45 heavy (non-hydrogen) atoms. The number of esters is 1. The van der Waals surface area contributed by atoms with Gasteiger partial charge in [-0.3, -0.25) is 4.79 Å². The lowest BCUT2D eigenvalue weighted by atomic mass is 9.46. The van der Waals surface area contributed by atoms with Crippen molar-refractivity contribution in [2.45, 2.75) is 161 Å². The molecular formula is C36H58O9. The standard InChI is InChI=1S/C36H58O9/c1-18-35-15-14-34(7)21-8-10-24(31(33(5,6)41)43-19(2)37)44-30(21)29(40)28(34)20(35)9-11-25-32(3,4)26(12-13-36(18,25)35)45-27-16-22(38)23(39)17-42-27/h18,20-31,38-41H,8-17H2,1-7H3/t18-,20-,21?,22+,23-,24+,25?,26-,27?,28?,29?,30?,31-,34+,35-,36?/m0/s1. The Morgan fingerprint density at radius 3 is 2.31 bits per heavy atom. The number of ether oxygens (including phenoxy) is 4. The average molecular weight is 635 g/mol. The van der Waals surface area contributed by atoms with Gasteiger partial charge in [0.05, 0.1) is 42.7 Å². The molecule has 2 saturated heterocycles. The predicted molar refractivity (Wildman–Crippen MR) is 165 cm³/mol. The predicted octanol–water partition coefficient (Wildman–Crippen LogP) is 3.97. The van der Waals surface area contributed by atoms with Gasteiger partial charge in [0.2, 0.25) is 0 Å². The molecule has 9 nitrogen and oxygen atoms in total. The summed E-state index contributed by atoms with van der Waals surface area (Å²) in [4.78, 5) is 12.0. The van der Waals surface area contributed by atoms with Gasteiger partial charge in [0.1, 0.15) is 6.10 Å². The highest BCUT2D eigenvalue weighted by Crippen LogP contribution is 2.89. The van der Waals surface area contributed by atoms with E-state index in [-0.39, 0.29) is 52.3 Å². The van der Waals surface area contributed by atoms with Crippen molar-refractivity contribution in [3.8, 4) is 0 Å². The van der Waals surface area contributed by atoms with Crippen LogP contribution in [-0.4, -0.2) is 87.6 Å². The molecule has 5 aliphatic carbocycles. The molecule has 256 valence electrons. The molecule has 9 heteroatoms. The topological polar surface area (TPSA) is 135 Å². The normalized spacial score (nSPS) is 54.0. The van der Waals surface area contributed by atoms with Crippen LogP contribution in [0.1, 0.15) is 106 Å². The van der Waals surface area contributed by atoms with Gasteiger partial charge in [-0.15, -0.1) is 0 Å². The zero-order chi connectivity index (χ0) is 32.5. The summed E-state index contributed by atoms with van der Waals surface area (Å²) in [6, 6.07) is 0. The quantitative estimate of drug-likeness (QED) is 0.262. The van der Waals surface area contributed by atoms with Crippen molar-refractivity contribution < 1.29 is 44.2 Å². The molecule has 0 aromatic carbocycles. The van der Waals surface area contributed by atoms with Gasteiger partial charge in [0.25, 0.3) is 0 Å². The minimum absolute atomic E-state index is 0.00742. The van der Waals surface area contributed by atoms with Gasteiger partial charge in [-0.25, -0.2) is 0 Å². The first kappa shape index (κ1) is 32.7. The average Bonchev–Trinajstić information content (AvgIpc) is 3.40. The molecule has 0 aromatic rings. The summed E-state index contributed by atoms with van der Waals surface area (Å²) in [7, 11) is 0. The maximum atomic E-state index is 12.2. The van der Waals surface area contributed by atoms with Crippen molar-refractivity contribution >= 4 is 5.97 Å². The molecular weight excluding hydrogens is 576 g/mol. The lowest BCUT2D eigenvalue weighted by molar-refractivity contribution is -0.264. The summed E-state index contributed by atoms with van der Waals surface area (Å²) < 4.78 is 24.7. The van der Waals surface area contributed by atoms with Gasteiger partial charge in [-0.2, -0.15) is 0 Å². The number of aliphatic hydroxyl groups excluding tert-OH is 3. The molecule has 2 aliphatic heterocycles. The van der Waals surface area contributed by atoms with E-state index in [1.807, 2.05) is 0 Å². The van der Waals surface area contributed by atoms with E-state index >= 15 is 0 Å². The maximum Gasteiger partial charge on any atom is 0.303 e. The Hall–Kier alpha value is -0.810. The third-order valence-electron chi connectivity index (χ3n) is 15.2. The Kier molecular flexibility index (Phi) is 7.70. The second-order valence-electron chi connectivity index (χ2n) is 17.7. The summed E-state index contributed by atoms with van der Waals surface area (Å²) in [5, 5.41) is 43.3. The SMILES string of the molecule is CC(=O)O[C@@H]([C@H]1CCC2C(O1)C(O)C1[C@@H]3CCC4C(C)(C)[C@@H](OC5C[C@@H](O)[C@@H](O)CO5)CCC45[C@@H](C)[C@@]35CC[C@]21C)C(C)(C)O. The van der Waals surface area contributed by atoms with Crippen molar-refractivity contribution in [1.82, 2.24) is 0 Å². The van der Waals surface area contributed by atoms with Gasteiger partial charge < -0.3 is 39.4 Å². The van der Waals surface area contributed by atoms with Gasteiger partial charge in [-0.05, 0) is 116 Å². The van der Waals surface area contributed by atoms with Gasteiger partial charge in [0.15, 0.2) is 12.4 Å².